The second-order valence-electron chi connectivity index (χ2n) is 6.29. The van der Waals surface area contributed by atoms with Crippen LogP contribution in [0.25, 0.3) is 0 Å². The third-order valence-electron chi connectivity index (χ3n) is 4.49. The number of halogens is 1. The third kappa shape index (κ3) is 3.11. The van der Waals surface area contributed by atoms with Gasteiger partial charge in [-0.15, -0.1) is 0 Å². The van der Waals surface area contributed by atoms with Gasteiger partial charge >= 0.3 is 0 Å². The average molecular weight is 335 g/mol. The highest BCUT2D eigenvalue weighted by Gasteiger charge is 2.36. The molecular weight excluding hydrogens is 316 g/mol. The molecule has 1 aromatic rings. The van der Waals surface area contributed by atoms with Crippen LogP contribution >= 0.6 is 11.6 Å². The molecule has 0 aliphatic carbocycles. The zero-order valence-electron chi connectivity index (χ0n) is 13.0. The molecule has 1 unspecified atom stereocenters. The van der Waals surface area contributed by atoms with Gasteiger partial charge in [-0.05, 0) is 37.0 Å². The molecule has 23 heavy (non-hydrogen) atoms. The minimum atomic E-state index is -0.368. The molecule has 2 aliphatic rings. The maximum atomic E-state index is 12.3. The van der Waals surface area contributed by atoms with E-state index < -0.39 is 0 Å². The Morgan fingerprint density at radius 1 is 1.26 bits per heavy atom. The van der Waals surface area contributed by atoms with Crippen molar-refractivity contribution in [3.8, 4) is 0 Å². The van der Waals surface area contributed by atoms with Crippen molar-refractivity contribution >= 4 is 29.3 Å². The van der Waals surface area contributed by atoms with E-state index in [0.29, 0.717) is 22.1 Å². The van der Waals surface area contributed by atoms with Crippen molar-refractivity contribution in [3.63, 3.8) is 0 Å². The highest BCUT2D eigenvalue weighted by Crippen LogP contribution is 2.26. The summed E-state index contributed by atoms with van der Waals surface area (Å²) in [6.45, 7) is 3.78. The summed E-state index contributed by atoms with van der Waals surface area (Å²) in [5.74, 6) is -0.200. The van der Waals surface area contributed by atoms with E-state index in [1.165, 1.54) is 6.07 Å². The number of fused-ring (bicyclic) bond motifs is 1. The van der Waals surface area contributed by atoms with Crippen molar-refractivity contribution in [3.05, 3.63) is 34.3 Å². The molecule has 0 bridgehead atoms. The summed E-state index contributed by atoms with van der Waals surface area (Å²) in [5, 5.41) is 0.421. The van der Waals surface area contributed by atoms with Crippen LogP contribution in [0, 0.1) is 5.92 Å². The molecule has 2 heterocycles. The average Bonchev–Trinajstić information content (AvgIpc) is 2.76. The molecule has 122 valence electrons. The SMILES string of the molecule is CC1CCCN(C(=O)CCN2C(=O)c3ccc(Cl)cc3C2=O)C1. The Balaban J connectivity index is 1.64. The van der Waals surface area contributed by atoms with Crippen molar-refractivity contribution < 1.29 is 14.4 Å². The largest absolute Gasteiger partial charge is 0.342 e. The zero-order valence-corrected chi connectivity index (χ0v) is 13.8. The molecule has 1 atom stereocenters. The summed E-state index contributed by atoms with van der Waals surface area (Å²) in [7, 11) is 0. The van der Waals surface area contributed by atoms with Gasteiger partial charge in [-0.3, -0.25) is 19.3 Å². The number of likely N-dealkylation sites (tertiary alicyclic amines) is 1. The summed E-state index contributed by atoms with van der Waals surface area (Å²) in [6, 6.07) is 4.66. The Morgan fingerprint density at radius 3 is 2.74 bits per heavy atom. The van der Waals surface area contributed by atoms with Gasteiger partial charge in [0, 0.05) is 31.1 Å². The van der Waals surface area contributed by atoms with E-state index in [-0.39, 0.29) is 30.7 Å². The van der Waals surface area contributed by atoms with Crippen LogP contribution in [0.2, 0.25) is 5.02 Å². The summed E-state index contributed by atoms with van der Waals surface area (Å²) >= 11 is 5.88. The van der Waals surface area contributed by atoms with Gasteiger partial charge in [0.05, 0.1) is 11.1 Å². The van der Waals surface area contributed by atoms with Gasteiger partial charge in [-0.25, -0.2) is 0 Å². The van der Waals surface area contributed by atoms with Crippen molar-refractivity contribution in [1.82, 2.24) is 9.80 Å². The van der Waals surface area contributed by atoms with Crippen LogP contribution in [0.5, 0.6) is 0 Å². The number of rotatable bonds is 3. The molecule has 3 amide bonds. The normalized spacial score (nSPS) is 20.9. The highest BCUT2D eigenvalue weighted by atomic mass is 35.5. The fraction of sp³-hybridized carbons (Fsp3) is 0.471. The lowest BCUT2D eigenvalue weighted by molar-refractivity contribution is -0.132. The number of benzene rings is 1. The summed E-state index contributed by atoms with van der Waals surface area (Å²) < 4.78 is 0. The Bertz CT molecular complexity index is 674. The lowest BCUT2D eigenvalue weighted by Gasteiger charge is -2.31. The molecule has 1 saturated heterocycles. The summed E-state index contributed by atoms with van der Waals surface area (Å²) in [5.41, 5.74) is 0.681. The quantitative estimate of drug-likeness (QED) is 0.798. The minimum Gasteiger partial charge on any atom is -0.342 e. The predicted octanol–water partition coefficient (Wildman–Crippen LogP) is 2.58. The lowest BCUT2D eigenvalue weighted by Crippen LogP contribution is -2.41. The molecule has 6 heteroatoms. The second-order valence-corrected chi connectivity index (χ2v) is 6.73. The van der Waals surface area contributed by atoms with Gasteiger partial charge in [-0.1, -0.05) is 18.5 Å². The van der Waals surface area contributed by atoms with E-state index in [1.54, 1.807) is 12.1 Å². The molecule has 5 nitrogen and oxygen atoms in total. The monoisotopic (exact) mass is 334 g/mol. The predicted molar refractivity (Wildman–Crippen MR) is 86.4 cm³/mol. The first kappa shape index (κ1) is 16.0. The summed E-state index contributed by atoms with van der Waals surface area (Å²) in [4.78, 5) is 39.9. The molecule has 3 rings (SSSR count). The standard InChI is InChI=1S/C17H19ClN2O3/c1-11-3-2-7-19(10-11)15(21)6-8-20-16(22)13-5-4-12(18)9-14(13)17(20)23/h4-5,9,11H,2-3,6-8,10H2,1H3. The van der Waals surface area contributed by atoms with E-state index in [2.05, 4.69) is 6.92 Å². The smallest absolute Gasteiger partial charge is 0.261 e. The number of hydrogen-bond acceptors (Lipinski definition) is 3. The molecule has 0 saturated carbocycles. The van der Waals surface area contributed by atoms with Crippen LogP contribution in [0.15, 0.2) is 18.2 Å². The van der Waals surface area contributed by atoms with Gasteiger partial charge in [0.1, 0.15) is 0 Å². The molecule has 1 aromatic carbocycles. The molecule has 0 aromatic heterocycles. The Labute approximate surface area is 140 Å². The number of hydrogen-bond donors (Lipinski definition) is 0. The van der Waals surface area contributed by atoms with E-state index >= 15 is 0 Å². The van der Waals surface area contributed by atoms with Gasteiger partial charge in [0.15, 0.2) is 0 Å². The van der Waals surface area contributed by atoms with Crippen molar-refractivity contribution in [2.24, 2.45) is 5.92 Å². The fourth-order valence-corrected chi connectivity index (χ4v) is 3.42. The number of imide groups is 1. The Kier molecular flexibility index (Phi) is 4.39. The van der Waals surface area contributed by atoms with Gasteiger partial charge in [0.25, 0.3) is 11.8 Å². The van der Waals surface area contributed by atoms with Crippen LogP contribution in [-0.2, 0) is 4.79 Å². The Hall–Kier alpha value is -1.88. The van der Waals surface area contributed by atoms with Crippen molar-refractivity contribution in [2.75, 3.05) is 19.6 Å². The minimum absolute atomic E-state index is 0.00568. The molecule has 0 radical (unpaired) electrons. The van der Waals surface area contributed by atoms with Crippen LogP contribution < -0.4 is 0 Å². The van der Waals surface area contributed by atoms with Crippen LogP contribution in [-0.4, -0.2) is 47.2 Å². The van der Waals surface area contributed by atoms with Gasteiger partial charge in [-0.2, -0.15) is 0 Å². The maximum Gasteiger partial charge on any atom is 0.261 e. The number of amides is 3. The first-order valence-corrected chi connectivity index (χ1v) is 8.28. The number of carbonyl (C=O) groups excluding carboxylic acids is 3. The Morgan fingerprint density at radius 2 is 2.00 bits per heavy atom. The van der Waals surface area contributed by atoms with E-state index in [4.69, 9.17) is 11.6 Å². The topological polar surface area (TPSA) is 57.7 Å². The summed E-state index contributed by atoms with van der Waals surface area (Å²) in [6.07, 6.45) is 2.33. The molecule has 1 fully saturated rings. The molecule has 0 spiro atoms. The molecular formula is C17H19ClN2O3. The third-order valence-corrected chi connectivity index (χ3v) is 4.73. The van der Waals surface area contributed by atoms with E-state index in [0.717, 1.165) is 30.8 Å². The molecule has 0 N–H and O–H groups in total. The van der Waals surface area contributed by atoms with Crippen LogP contribution in [0.3, 0.4) is 0 Å². The number of piperidine rings is 1. The van der Waals surface area contributed by atoms with Crippen LogP contribution in [0.1, 0.15) is 46.9 Å². The lowest BCUT2D eigenvalue weighted by atomic mass is 10.00. The van der Waals surface area contributed by atoms with E-state index in [1.807, 2.05) is 4.90 Å². The first-order valence-electron chi connectivity index (χ1n) is 7.91. The van der Waals surface area contributed by atoms with Gasteiger partial charge in [0.2, 0.25) is 5.91 Å². The van der Waals surface area contributed by atoms with E-state index in [9.17, 15) is 14.4 Å². The number of carbonyl (C=O) groups is 3. The van der Waals surface area contributed by atoms with Crippen molar-refractivity contribution in [2.45, 2.75) is 26.2 Å². The van der Waals surface area contributed by atoms with Gasteiger partial charge < -0.3 is 4.90 Å². The second kappa shape index (κ2) is 6.32. The van der Waals surface area contributed by atoms with Crippen molar-refractivity contribution in [1.29, 1.82) is 0 Å². The highest BCUT2D eigenvalue weighted by molar-refractivity contribution is 6.32. The fourth-order valence-electron chi connectivity index (χ4n) is 3.25. The molecule has 2 aliphatic heterocycles. The zero-order chi connectivity index (χ0) is 16.6. The maximum absolute atomic E-state index is 12.3. The first-order chi connectivity index (χ1) is 11.0. The van der Waals surface area contributed by atoms with Crippen LogP contribution in [0.4, 0.5) is 0 Å². The number of nitrogens with zero attached hydrogens (tertiary/aromatic N) is 2.